The summed E-state index contributed by atoms with van der Waals surface area (Å²) in [6, 6.07) is 10.0. The zero-order chi connectivity index (χ0) is 27.2. The third-order valence-corrected chi connectivity index (χ3v) is 7.06. The van der Waals surface area contributed by atoms with Crippen LogP contribution in [0.4, 0.5) is 4.39 Å². The normalized spacial score (nSPS) is 13.6. The molecule has 5 nitrogen and oxygen atoms in total. The summed E-state index contributed by atoms with van der Waals surface area (Å²) in [5, 5.41) is 13.5. The van der Waals surface area contributed by atoms with Crippen LogP contribution in [0.5, 0.6) is 0 Å². The highest BCUT2D eigenvalue weighted by Gasteiger charge is 2.18. The van der Waals surface area contributed by atoms with Crippen molar-refractivity contribution < 1.29 is 4.39 Å². The lowest BCUT2D eigenvalue weighted by atomic mass is 10.0. The number of nitrogens with zero attached hydrogens (tertiary/aromatic N) is 2. The van der Waals surface area contributed by atoms with Gasteiger partial charge in [0.25, 0.3) is 0 Å². The van der Waals surface area contributed by atoms with Gasteiger partial charge in [0.05, 0.1) is 21.6 Å². The molecule has 194 valence electrons. The Hall–Kier alpha value is -4.23. The van der Waals surface area contributed by atoms with Crippen LogP contribution >= 0.6 is 11.3 Å². The van der Waals surface area contributed by atoms with Crippen LogP contribution in [0.3, 0.4) is 0 Å². The SMILES string of the molecule is C=C/C(=C\C(=C/C)C(=C)/C(F)=c1/c(-c2nc3c(-c4cccs4)cccc3[nH]2)n[nH]/c1=C/C)NC(=C)CCC. The summed E-state index contributed by atoms with van der Waals surface area (Å²) >= 11 is 1.65. The average Bonchev–Trinajstić information content (AvgIpc) is 3.69. The number of aromatic nitrogens is 4. The van der Waals surface area contributed by atoms with Crippen LogP contribution in [0.1, 0.15) is 33.6 Å². The van der Waals surface area contributed by atoms with Gasteiger partial charge >= 0.3 is 0 Å². The lowest BCUT2D eigenvalue weighted by Gasteiger charge is -2.11. The molecule has 0 atom stereocenters. The third kappa shape index (κ3) is 5.38. The molecule has 0 spiro atoms. The number of rotatable bonds is 10. The quantitative estimate of drug-likeness (QED) is 0.195. The fraction of sp³-hybridized carbons (Fsp3) is 0.161. The van der Waals surface area contributed by atoms with Gasteiger partial charge < -0.3 is 10.3 Å². The number of benzene rings is 1. The Morgan fingerprint density at radius 2 is 2.00 bits per heavy atom. The van der Waals surface area contributed by atoms with Crippen molar-refractivity contribution in [1.29, 1.82) is 0 Å². The number of imidazole rings is 1. The molecule has 3 N–H and O–H groups in total. The topological polar surface area (TPSA) is 69.4 Å². The first-order valence-electron chi connectivity index (χ1n) is 12.5. The Morgan fingerprint density at radius 1 is 1.18 bits per heavy atom. The number of hydrogen-bond acceptors (Lipinski definition) is 4. The number of nitrogens with one attached hydrogen (secondary N) is 3. The predicted molar refractivity (Wildman–Crippen MR) is 159 cm³/mol. The fourth-order valence-electron chi connectivity index (χ4n) is 4.24. The Balaban J connectivity index is 1.82. The van der Waals surface area contributed by atoms with E-state index in [9.17, 15) is 0 Å². The predicted octanol–water partition coefficient (Wildman–Crippen LogP) is 7.04. The van der Waals surface area contributed by atoms with E-state index in [1.54, 1.807) is 23.5 Å². The second-order valence-corrected chi connectivity index (χ2v) is 9.68. The van der Waals surface area contributed by atoms with Gasteiger partial charge in [0, 0.05) is 27.4 Å². The molecule has 0 bridgehead atoms. The number of H-pyrrole nitrogens is 2. The lowest BCUT2D eigenvalue weighted by molar-refractivity contribution is 0.751. The van der Waals surface area contributed by atoms with Crippen molar-refractivity contribution in [3.8, 4) is 22.0 Å². The Morgan fingerprint density at radius 3 is 2.66 bits per heavy atom. The molecule has 0 radical (unpaired) electrons. The zero-order valence-corrected chi connectivity index (χ0v) is 22.8. The minimum absolute atomic E-state index is 0.232. The van der Waals surface area contributed by atoms with E-state index < -0.39 is 5.83 Å². The van der Waals surface area contributed by atoms with Gasteiger partial charge in [-0.05, 0) is 55.5 Å². The number of para-hydroxylation sites is 1. The molecule has 0 aliphatic rings. The van der Waals surface area contributed by atoms with E-state index in [0.29, 0.717) is 27.7 Å². The lowest BCUT2D eigenvalue weighted by Crippen LogP contribution is -2.26. The number of hydrogen-bond donors (Lipinski definition) is 3. The standard InChI is InChI=1S/C31H32FN5S/c1-7-13-19(5)33-22(9-3)18-21(8-2)20(6)28(32)27-24(10-4)36-37-30(27)31-34-25-15-11-14-23(29(25)35-31)26-16-12-17-38-26/h8-12,14-18,33,36H,3,5-7,13H2,1-2,4H3,(H,34,35)/b21-8+,22-18+,24-10+,28-27-. The Kier molecular flexibility index (Phi) is 8.38. The van der Waals surface area contributed by atoms with Crippen molar-refractivity contribution in [2.45, 2.75) is 33.6 Å². The van der Waals surface area contributed by atoms with Crippen LogP contribution in [0.2, 0.25) is 0 Å². The summed E-state index contributed by atoms with van der Waals surface area (Å²) in [7, 11) is 0. The van der Waals surface area contributed by atoms with Crippen LogP contribution in [0, 0.1) is 0 Å². The van der Waals surface area contributed by atoms with Gasteiger partial charge in [0.15, 0.2) is 5.82 Å². The Labute approximate surface area is 226 Å². The molecule has 4 aromatic rings. The van der Waals surface area contributed by atoms with Crippen LogP contribution in [-0.4, -0.2) is 20.2 Å². The highest BCUT2D eigenvalue weighted by molar-refractivity contribution is 7.13. The molecule has 1 aromatic carbocycles. The zero-order valence-electron chi connectivity index (χ0n) is 22.0. The summed E-state index contributed by atoms with van der Waals surface area (Å²) in [4.78, 5) is 9.30. The van der Waals surface area contributed by atoms with E-state index in [1.807, 2.05) is 55.6 Å². The second-order valence-electron chi connectivity index (χ2n) is 8.73. The highest BCUT2D eigenvalue weighted by atomic mass is 32.1. The highest BCUT2D eigenvalue weighted by Crippen LogP contribution is 2.31. The fourth-order valence-corrected chi connectivity index (χ4v) is 4.99. The summed E-state index contributed by atoms with van der Waals surface area (Å²) in [5.41, 5.74) is 5.52. The first-order valence-corrected chi connectivity index (χ1v) is 13.4. The van der Waals surface area contributed by atoms with Crippen LogP contribution < -0.4 is 15.9 Å². The smallest absolute Gasteiger partial charge is 0.159 e. The molecule has 0 saturated carbocycles. The minimum Gasteiger partial charge on any atom is -0.359 e. The minimum atomic E-state index is -0.485. The number of allylic oxidation sites excluding steroid dienone is 6. The molecule has 0 unspecified atom stereocenters. The molecule has 0 fully saturated rings. The van der Waals surface area contributed by atoms with Gasteiger partial charge in [0.1, 0.15) is 11.5 Å². The van der Waals surface area contributed by atoms with Crippen molar-refractivity contribution in [1.82, 2.24) is 25.5 Å². The summed E-state index contributed by atoms with van der Waals surface area (Å²) in [6.45, 7) is 17.8. The van der Waals surface area contributed by atoms with E-state index >= 15 is 4.39 Å². The largest absolute Gasteiger partial charge is 0.359 e. The van der Waals surface area contributed by atoms with Crippen LogP contribution in [0.15, 0.2) is 96.2 Å². The maximum absolute atomic E-state index is 16.3. The van der Waals surface area contributed by atoms with Crippen LogP contribution in [0.25, 0.3) is 44.9 Å². The molecule has 0 amide bonds. The average molecular weight is 526 g/mol. The molecule has 7 heteroatoms. The van der Waals surface area contributed by atoms with Crippen molar-refractivity contribution in [2.24, 2.45) is 0 Å². The van der Waals surface area contributed by atoms with Crippen LogP contribution in [-0.2, 0) is 0 Å². The van der Waals surface area contributed by atoms with E-state index in [2.05, 4.69) is 53.2 Å². The maximum Gasteiger partial charge on any atom is 0.159 e. The van der Waals surface area contributed by atoms with E-state index in [-0.39, 0.29) is 5.57 Å². The van der Waals surface area contributed by atoms with Gasteiger partial charge in [-0.15, -0.1) is 11.3 Å². The first kappa shape index (κ1) is 26.8. The first-order chi connectivity index (χ1) is 18.4. The number of fused-ring (bicyclic) bond motifs is 1. The molecular formula is C31H32FN5S. The molecule has 0 aliphatic heterocycles. The number of halogens is 1. The van der Waals surface area contributed by atoms with Crippen molar-refractivity contribution >= 4 is 34.3 Å². The Bertz CT molecular complexity index is 1680. The summed E-state index contributed by atoms with van der Waals surface area (Å²) in [5.74, 6) is -0.00544. The maximum atomic E-state index is 16.3. The van der Waals surface area contributed by atoms with E-state index in [4.69, 9.17) is 4.98 Å². The van der Waals surface area contributed by atoms with Gasteiger partial charge in [-0.2, -0.15) is 5.10 Å². The summed E-state index contributed by atoms with van der Waals surface area (Å²) < 4.78 is 16.3. The van der Waals surface area contributed by atoms with Gasteiger partial charge in [-0.25, -0.2) is 9.37 Å². The number of aromatic amines is 2. The molecule has 4 rings (SSSR count). The van der Waals surface area contributed by atoms with E-state index in [0.717, 1.165) is 45.7 Å². The third-order valence-electron chi connectivity index (χ3n) is 6.15. The monoisotopic (exact) mass is 525 g/mol. The van der Waals surface area contributed by atoms with Gasteiger partial charge in [0.2, 0.25) is 0 Å². The molecule has 0 saturated heterocycles. The second kappa shape index (κ2) is 11.9. The van der Waals surface area contributed by atoms with Gasteiger partial charge in [-0.3, -0.25) is 5.10 Å². The number of thiophene rings is 1. The van der Waals surface area contributed by atoms with Gasteiger partial charge in [-0.1, -0.05) is 63.4 Å². The molecule has 3 aromatic heterocycles. The molecular weight excluding hydrogens is 493 g/mol. The summed E-state index contributed by atoms with van der Waals surface area (Å²) in [6.07, 6.45) is 8.91. The van der Waals surface area contributed by atoms with Crippen molar-refractivity contribution in [2.75, 3.05) is 0 Å². The van der Waals surface area contributed by atoms with Crippen molar-refractivity contribution in [3.63, 3.8) is 0 Å². The van der Waals surface area contributed by atoms with Crippen molar-refractivity contribution in [3.05, 3.63) is 107 Å². The molecule has 3 heterocycles. The van der Waals surface area contributed by atoms with E-state index in [1.165, 1.54) is 0 Å². The molecule has 38 heavy (non-hydrogen) atoms. The molecule has 0 aliphatic carbocycles.